The Hall–Kier alpha value is -2.37. The first-order chi connectivity index (χ1) is 12.5. The molecule has 0 aliphatic rings. The van der Waals surface area contributed by atoms with Crippen LogP contribution in [0.3, 0.4) is 0 Å². The summed E-state index contributed by atoms with van der Waals surface area (Å²) >= 11 is 6.02. The third-order valence-electron chi connectivity index (χ3n) is 4.23. The van der Waals surface area contributed by atoms with Crippen LogP contribution in [0.5, 0.6) is 5.75 Å². The van der Waals surface area contributed by atoms with Crippen molar-refractivity contribution in [3.63, 3.8) is 0 Å². The molecule has 6 heteroatoms. The second-order valence-electron chi connectivity index (χ2n) is 6.28. The molecule has 0 unspecified atom stereocenters. The molecule has 0 bridgehead atoms. The van der Waals surface area contributed by atoms with E-state index >= 15 is 0 Å². The molecule has 1 heterocycles. The highest BCUT2D eigenvalue weighted by molar-refractivity contribution is 6.30. The van der Waals surface area contributed by atoms with Crippen LogP contribution in [-0.2, 0) is 0 Å². The van der Waals surface area contributed by atoms with Gasteiger partial charge in [0.2, 0.25) is 11.8 Å². The van der Waals surface area contributed by atoms with E-state index in [0.717, 1.165) is 17.9 Å². The van der Waals surface area contributed by atoms with Gasteiger partial charge in [0.05, 0.1) is 6.04 Å². The van der Waals surface area contributed by atoms with Crippen molar-refractivity contribution in [2.75, 3.05) is 20.2 Å². The highest BCUT2D eigenvalue weighted by atomic mass is 35.5. The second-order valence-corrected chi connectivity index (χ2v) is 6.71. The standard InChI is InChI=1S/C20H22ClN3O2/c1-14-6-4-9-18(12-14)25-11-10-24(3)15(2)19-22-23-20(26-19)16-7-5-8-17(21)13-16/h4-9,12-13,15H,10-11H2,1-3H3/t15-/m0/s1. The number of halogens is 1. The molecule has 0 N–H and O–H groups in total. The number of rotatable bonds is 7. The lowest BCUT2D eigenvalue weighted by Gasteiger charge is -2.21. The van der Waals surface area contributed by atoms with E-state index in [1.165, 1.54) is 5.56 Å². The molecule has 26 heavy (non-hydrogen) atoms. The average Bonchev–Trinajstić information content (AvgIpc) is 3.11. The fourth-order valence-corrected chi connectivity index (χ4v) is 2.73. The molecular weight excluding hydrogens is 350 g/mol. The summed E-state index contributed by atoms with van der Waals surface area (Å²) in [5, 5.41) is 8.95. The summed E-state index contributed by atoms with van der Waals surface area (Å²) in [6.45, 7) is 5.40. The Morgan fingerprint density at radius 3 is 2.73 bits per heavy atom. The Balaban J connectivity index is 1.57. The molecule has 0 saturated carbocycles. The van der Waals surface area contributed by atoms with Gasteiger partial charge in [-0.1, -0.05) is 29.8 Å². The monoisotopic (exact) mass is 371 g/mol. The Bertz CT molecular complexity index is 866. The van der Waals surface area contributed by atoms with E-state index in [-0.39, 0.29) is 6.04 Å². The van der Waals surface area contributed by atoms with Gasteiger partial charge in [0.1, 0.15) is 12.4 Å². The van der Waals surface area contributed by atoms with Crippen LogP contribution in [0.2, 0.25) is 5.02 Å². The van der Waals surface area contributed by atoms with E-state index in [0.29, 0.717) is 23.4 Å². The summed E-state index contributed by atoms with van der Waals surface area (Å²) < 4.78 is 11.6. The maximum atomic E-state index is 6.02. The third-order valence-corrected chi connectivity index (χ3v) is 4.47. The number of likely N-dealkylation sites (N-methyl/N-ethyl adjacent to an activating group) is 1. The number of aryl methyl sites for hydroxylation is 1. The van der Waals surface area contributed by atoms with Crippen molar-refractivity contribution in [1.82, 2.24) is 15.1 Å². The predicted molar refractivity (Wildman–Crippen MR) is 102 cm³/mol. The van der Waals surface area contributed by atoms with E-state index in [1.54, 1.807) is 0 Å². The molecule has 1 aromatic heterocycles. The zero-order valence-corrected chi connectivity index (χ0v) is 15.9. The third kappa shape index (κ3) is 4.62. The normalized spacial score (nSPS) is 12.3. The van der Waals surface area contributed by atoms with Crippen LogP contribution in [0.25, 0.3) is 11.5 Å². The van der Waals surface area contributed by atoms with E-state index < -0.39 is 0 Å². The second kappa shape index (κ2) is 8.34. The molecule has 136 valence electrons. The fourth-order valence-electron chi connectivity index (χ4n) is 2.54. The van der Waals surface area contributed by atoms with Gasteiger partial charge in [0.15, 0.2) is 0 Å². The van der Waals surface area contributed by atoms with Crippen molar-refractivity contribution >= 4 is 11.6 Å². The largest absolute Gasteiger partial charge is 0.492 e. The molecule has 0 amide bonds. The zero-order chi connectivity index (χ0) is 18.5. The van der Waals surface area contributed by atoms with Crippen molar-refractivity contribution in [3.05, 3.63) is 65.0 Å². The fraction of sp³-hybridized carbons (Fsp3) is 0.300. The molecule has 5 nitrogen and oxygen atoms in total. The van der Waals surface area contributed by atoms with Gasteiger partial charge in [0, 0.05) is 17.1 Å². The Morgan fingerprint density at radius 1 is 1.15 bits per heavy atom. The van der Waals surface area contributed by atoms with Gasteiger partial charge in [-0.25, -0.2) is 0 Å². The highest BCUT2D eigenvalue weighted by Gasteiger charge is 2.19. The summed E-state index contributed by atoms with van der Waals surface area (Å²) in [4.78, 5) is 2.12. The van der Waals surface area contributed by atoms with Crippen molar-refractivity contribution in [2.24, 2.45) is 0 Å². The number of nitrogens with zero attached hydrogens (tertiary/aromatic N) is 3. The molecule has 2 aromatic carbocycles. The molecule has 1 atom stereocenters. The van der Waals surface area contributed by atoms with Crippen LogP contribution in [0.15, 0.2) is 52.9 Å². The van der Waals surface area contributed by atoms with Crippen molar-refractivity contribution in [3.8, 4) is 17.2 Å². The summed E-state index contributed by atoms with van der Waals surface area (Å²) in [5.74, 6) is 1.92. The van der Waals surface area contributed by atoms with E-state index in [9.17, 15) is 0 Å². The average molecular weight is 372 g/mol. The number of ether oxygens (including phenoxy) is 1. The molecule has 0 saturated heterocycles. The summed E-state index contributed by atoms with van der Waals surface area (Å²) in [5.41, 5.74) is 2.00. The summed E-state index contributed by atoms with van der Waals surface area (Å²) in [7, 11) is 2.01. The van der Waals surface area contributed by atoms with Gasteiger partial charge >= 0.3 is 0 Å². The van der Waals surface area contributed by atoms with E-state index in [1.807, 2.05) is 69.4 Å². The van der Waals surface area contributed by atoms with Gasteiger partial charge in [0.25, 0.3) is 0 Å². The van der Waals surface area contributed by atoms with Gasteiger partial charge in [-0.05, 0) is 56.8 Å². The zero-order valence-electron chi connectivity index (χ0n) is 15.1. The Labute approximate surface area is 158 Å². The van der Waals surface area contributed by atoms with Crippen LogP contribution < -0.4 is 4.74 Å². The maximum Gasteiger partial charge on any atom is 0.247 e. The van der Waals surface area contributed by atoms with Gasteiger partial charge in [-0.15, -0.1) is 10.2 Å². The Morgan fingerprint density at radius 2 is 1.96 bits per heavy atom. The topological polar surface area (TPSA) is 51.4 Å². The first-order valence-corrected chi connectivity index (χ1v) is 8.90. The van der Waals surface area contributed by atoms with Gasteiger partial charge < -0.3 is 9.15 Å². The molecule has 3 rings (SSSR count). The highest BCUT2D eigenvalue weighted by Crippen LogP contribution is 2.25. The van der Waals surface area contributed by atoms with Crippen molar-refractivity contribution in [2.45, 2.75) is 19.9 Å². The molecule has 0 spiro atoms. The number of hydrogen-bond acceptors (Lipinski definition) is 5. The van der Waals surface area contributed by atoms with Crippen molar-refractivity contribution in [1.29, 1.82) is 0 Å². The lowest BCUT2D eigenvalue weighted by atomic mass is 10.2. The molecule has 3 aromatic rings. The SMILES string of the molecule is Cc1cccc(OCCN(C)[C@@H](C)c2nnc(-c3cccc(Cl)c3)o2)c1. The number of benzene rings is 2. The maximum absolute atomic E-state index is 6.02. The molecule has 0 fully saturated rings. The number of hydrogen-bond donors (Lipinski definition) is 0. The summed E-state index contributed by atoms with van der Waals surface area (Å²) in [6.07, 6.45) is 0. The first kappa shape index (κ1) is 18.4. The van der Waals surface area contributed by atoms with Crippen molar-refractivity contribution < 1.29 is 9.15 Å². The minimum atomic E-state index is -0.0171. The van der Waals surface area contributed by atoms with Gasteiger partial charge in [-0.2, -0.15) is 0 Å². The quantitative estimate of drug-likeness (QED) is 0.598. The smallest absolute Gasteiger partial charge is 0.247 e. The first-order valence-electron chi connectivity index (χ1n) is 8.52. The molecule has 0 aliphatic carbocycles. The van der Waals surface area contributed by atoms with E-state index in [4.69, 9.17) is 20.8 Å². The van der Waals surface area contributed by atoms with Crippen LogP contribution in [0.1, 0.15) is 24.4 Å². The Kier molecular flexibility index (Phi) is 5.91. The van der Waals surface area contributed by atoms with Crippen LogP contribution in [-0.4, -0.2) is 35.3 Å². The lowest BCUT2D eigenvalue weighted by Crippen LogP contribution is -2.27. The van der Waals surface area contributed by atoms with E-state index in [2.05, 4.69) is 15.1 Å². The number of aromatic nitrogens is 2. The van der Waals surface area contributed by atoms with Gasteiger partial charge in [-0.3, -0.25) is 4.90 Å². The summed E-state index contributed by atoms with van der Waals surface area (Å²) in [6, 6.07) is 15.4. The van der Waals surface area contributed by atoms with Crippen LogP contribution in [0.4, 0.5) is 0 Å². The lowest BCUT2D eigenvalue weighted by molar-refractivity contribution is 0.182. The molecular formula is C20H22ClN3O2. The minimum absolute atomic E-state index is 0.0171. The van der Waals surface area contributed by atoms with Crippen LogP contribution >= 0.6 is 11.6 Å². The predicted octanol–water partition coefficient (Wildman–Crippen LogP) is 4.77. The molecule has 0 radical (unpaired) electrons. The van der Waals surface area contributed by atoms with Crippen LogP contribution in [0, 0.1) is 6.92 Å². The molecule has 0 aliphatic heterocycles. The minimum Gasteiger partial charge on any atom is -0.492 e.